The topological polar surface area (TPSA) is 73.0 Å². The summed E-state index contributed by atoms with van der Waals surface area (Å²) in [6.07, 6.45) is 1.96. The molecule has 1 N–H and O–H groups in total. The number of nitrogens with zero attached hydrogens (tertiary/aromatic N) is 3. The highest BCUT2D eigenvalue weighted by Gasteiger charge is 2.28. The fourth-order valence-electron chi connectivity index (χ4n) is 5.01. The summed E-state index contributed by atoms with van der Waals surface area (Å²) < 4.78 is 13.6. The van der Waals surface area contributed by atoms with Gasteiger partial charge < -0.3 is 20.0 Å². The number of piperazine rings is 1. The van der Waals surface area contributed by atoms with Crippen molar-refractivity contribution in [3.05, 3.63) is 94.8 Å². The van der Waals surface area contributed by atoms with Gasteiger partial charge in [0.1, 0.15) is 5.82 Å². The van der Waals surface area contributed by atoms with Crippen molar-refractivity contribution in [2.75, 3.05) is 49.5 Å². The molecule has 5 rings (SSSR count). The molecule has 8 heteroatoms. The molecule has 0 bridgehead atoms. The first-order valence-electron chi connectivity index (χ1n) is 13.0. The molecule has 0 saturated carbocycles. The van der Waals surface area contributed by atoms with Gasteiger partial charge in [0.25, 0.3) is 17.7 Å². The van der Waals surface area contributed by atoms with Crippen LogP contribution in [0, 0.1) is 12.7 Å². The van der Waals surface area contributed by atoms with E-state index >= 15 is 0 Å². The van der Waals surface area contributed by atoms with E-state index in [9.17, 15) is 18.8 Å². The summed E-state index contributed by atoms with van der Waals surface area (Å²) in [5.74, 6) is -0.926. The Morgan fingerprint density at radius 2 is 1.42 bits per heavy atom. The minimum Gasteiger partial charge on any atom is -0.367 e. The Kier molecular flexibility index (Phi) is 7.40. The molecule has 7 nitrogen and oxygen atoms in total. The van der Waals surface area contributed by atoms with Gasteiger partial charge in [-0.2, -0.15) is 0 Å². The molecule has 0 aliphatic carbocycles. The summed E-state index contributed by atoms with van der Waals surface area (Å²) in [5.41, 5.74) is 3.83. The fraction of sp³-hybridized carbons (Fsp3) is 0.300. The Labute approximate surface area is 221 Å². The van der Waals surface area contributed by atoms with E-state index in [1.165, 1.54) is 18.2 Å². The van der Waals surface area contributed by atoms with Crippen molar-refractivity contribution in [2.24, 2.45) is 0 Å². The second kappa shape index (κ2) is 11.0. The van der Waals surface area contributed by atoms with Gasteiger partial charge in [0.05, 0.1) is 5.56 Å². The molecule has 3 amide bonds. The van der Waals surface area contributed by atoms with Crippen LogP contribution in [0.25, 0.3) is 0 Å². The second-order valence-corrected chi connectivity index (χ2v) is 9.84. The Morgan fingerprint density at radius 1 is 0.737 bits per heavy atom. The number of carbonyl (C=O) groups excluding carboxylic acids is 3. The summed E-state index contributed by atoms with van der Waals surface area (Å²) in [4.78, 5) is 44.9. The molecule has 2 aliphatic heterocycles. The maximum absolute atomic E-state index is 13.6. The van der Waals surface area contributed by atoms with Gasteiger partial charge in [0, 0.05) is 61.8 Å². The van der Waals surface area contributed by atoms with Gasteiger partial charge >= 0.3 is 0 Å². The summed E-state index contributed by atoms with van der Waals surface area (Å²) in [6.45, 7) is 5.39. The first-order chi connectivity index (χ1) is 18.4. The maximum atomic E-state index is 13.6. The Balaban J connectivity index is 1.35. The molecular formula is C30H31FN4O3. The van der Waals surface area contributed by atoms with Gasteiger partial charge in [-0.1, -0.05) is 23.8 Å². The number of rotatable bonds is 5. The third-order valence-corrected chi connectivity index (χ3v) is 7.17. The number of carbonyl (C=O) groups is 3. The molecule has 3 aromatic rings. The van der Waals surface area contributed by atoms with E-state index in [4.69, 9.17) is 0 Å². The predicted octanol–water partition coefficient (Wildman–Crippen LogP) is 4.58. The molecule has 0 atom stereocenters. The summed E-state index contributed by atoms with van der Waals surface area (Å²) in [7, 11) is 0. The molecule has 2 saturated heterocycles. The molecule has 38 heavy (non-hydrogen) atoms. The lowest BCUT2D eigenvalue weighted by molar-refractivity contribution is 0.0742. The first-order valence-corrected chi connectivity index (χ1v) is 13.0. The number of hydrogen-bond donors (Lipinski definition) is 1. The highest BCUT2D eigenvalue weighted by Crippen LogP contribution is 2.29. The van der Waals surface area contributed by atoms with Crippen LogP contribution in [0.1, 0.15) is 49.5 Å². The van der Waals surface area contributed by atoms with Crippen molar-refractivity contribution in [3.8, 4) is 0 Å². The van der Waals surface area contributed by atoms with E-state index in [0.717, 1.165) is 24.1 Å². The number of halogens is 1. The molecule has 0 unspecified atom stereocenters. The third kappa shape index (κ3) is 5.54. The lowest BCUT2D eigenvalue weighted by atomic mass is 10.1. The number of anilines is 2. The quantitative estimate of drug-likeness (QED) is 0.541. The third-order valence-electron chi connectivity index (χ3n) is 7.17. The van der Waals surface area contributed by atoms with Crippen molar-refractivity contribution < 1.29 is 18.8 Å². The van der Waals surface area contributed by atoms with Gasteiger partial charge in [-0.3, -0.25) is 14.4 Å². The van der Waals surface area contributed by atoms with Crippen LogP contribution in [0.4, 0.5) is 15.8 Å². The zero-order valence-corrected chi connectivity index (χ0v) is 21.5. The van der Waals surface area contributed by atoms with E-state index in [-0.39, 0.29) is 17.7 Å². The van der Waals surface area contributed by atoms with Crippen LogP contribution in [0.3, 0.4) is 0 Å². The smallest absolute Gasteiger partial charge is 0.256 e. The monoisotopic (exact) mass is 514 g/mol. The van der Waals surface area contributed by atoms with Gasteiger partial charge in [-0.05, 0) is 68.3 Å². The largest absolute Gasteiger partial charge is 0.367 e. The predicted molar refractivity (Wildman–Crippen MR) is 145 cm³/mol. The van der Waals surface area contributed by atoms with Crippen LogP contribution in [0.2, 0.25) is 0 Å². The van der Waals surface area contributed by atoms with Crippen LogP contribution in [-0.2, 0) is 0 Å². The van der Waals surface area contributed by atoms with E-state index in [1.54, 1.807) is 29.2 Å². The Morgan fingerprint density at radius 3 is 2.11 bits per heavy atom. The van der Waals surface area contributed by atoms with E-state index in [0.29, 0.717) is 61.6 Å². The molecular weight excluding hydrogens is 483 g/mol. The zero-order chi connectivity index (χ0) is 26.6. The van der Waals surface area contributed by atoms with E-state index in [2.05, 4.69) is 10.2 Å². The average Bonchev–Trinajstić information content (AvgIpc) is 3.48. The normalized spacial score (nSPS) is 15.5. The van der Waals surface area contributed by atoms with Crippen molar-refractivity contribution in [3.63, 3.8) is 0 Å². The van der Waals surface area contributed by atoms with Crippen molar-refractivity contribution in [1.29, 1.82) is 0 Å². The first kappa shape index (κ1) is 25.4. The highest BCUT2D eigenvalue weighted by molar-refractivity contribution is 6.06. The Bertz CT molecular complexity index is 1340. The second-order valence-electron chi connectivity index (χ2n) is 9.84. The lowest BCUT2D eigenvalue weighted by Crippen LogP contribution is -2.49. The molecule has 2 aliphatic rings. The maximum Gasteiger partial charge on any atom is 0.256 e. The zero-order valence-electron chi connectivity index (χ0n) is 21.5. The molecule has 2 heterocycles. The molecule has 196 valence electrons. The number of nitrogens with one attached hydrogen (secondary N) is 1. The highest BCUT2D eigenvalue weighted by atomic mass is 19.1. The number of benzene rings is 3. The number of aryl methyl sites for hydroxylation is 1. The molecule has 0 aromatic heterocycles. The van der Waals surface area contributed by atoms with Crippen LogP contribution in [0.5, 0.6) is 0 Å². The van der Waals surface area contributed by atoms with Gasteiger partial charge in [-0.25, -0.2) is 4.39 Å². The average molecular weight is 515 g/mol. The van der Waals surface area contributed by atoms with Crippen molar-refractivity contribution in [2.45, 2.75) is 19.8 Å². The molecule has 0 spiro atoms. The number of amides is 3. The Hall–Kier alpha value is -4.20. The minimum atomic E-state index is -0.436. The summed E-state index contributed by atoms with van der Waals surface area (Å²) in [5, 5.41) is 2.93. The van der Waals surface area contributed by atoms with E-state index in [1.807, 2.05) is 36.1 Å². The summed E-state index contributed by atoms with van der Waals surface area (Å²) >= 11 is 0. The minimum absolute atomic E-state index is 0.0535. The SMILES string of the molecule is Cc1ccc(C(=O)Nc2ccc(N3CCN(C(=O)c4cccc(F)c4)CC3)c(C(=O)N3CCCC3)c2)cc1. The van der Waals surface area contributed by atoms with Crippen molar-refractivity contribution in [1.82, 2.24) is 9.80 Å². The molecule has 0 radical (unpaired) electrons. The van der Waals surface area contributed by atoms with Crippen molar-refractivity contribution >= 4 is 29.1 Å². The van der Waals surface area contributed by atoms with Gasteiger partial charge in [-0.15, -0.1) is 0 Å². The lowest BCUT2D eigenvalue weighted by Gasteiger charge is -2.37. The van der Waals surface area contributed by atoms with Gasteiger partial charge in [0.2, 0.25) is 0 Å². The van der Waals surface area contributed by atoms with E-state index < -0.39 is 5.82 Å². The van der Waals surface area contributed by atoms with Crippen LogP contribution in [0.15, 0.2) is 66.7 Å². The van der Waals surface area contributed by atoms with Crippen LogP contribution in [-0.4, -0.2) is 66.8 Å². The number of hydrogen-bond acceptors (Lipinski definition) is 4. The standard InChI is InChI=1S/C30H31FN4O3/c1-21-7-9-22(10-8-21)28(36)32-25-11-12-27(26(20-25)30(38)34-13-2-3-14-34)33-15-17-35(18-16-33)29(37)23-5-4-6-24(31)19-23/h4-12,19-20H,2-3,13-18H2,1H3,(H,32,36). The number of likely N-dealkylation sites (tertiary alicyclic amines) is 1. The van der Waals surface area contributed by atoms with Crippen LogP contribution < -0.4 is 10.2 Å². The summed E-state index contributed by atoms with van der Waals surface area (Å²) in [6, 6.07) is 18.5. The molecule has 3 aromatic carbocycles. The van der Waals surface area contributed by atoms with Gasteiger partial charge in [0.15, 0.2) is 0 Å². The van der Waals surface area contributed by atoms with Crippen LogP contribution >= 0.6 is 0 Å². The molecule has 2 fully saturated rings. The fourth-order valence-corrected chi connectivity index (χ4v) is 5.01.